The lowest BCUT2D eigenvalue weighted by molar-refractivity contribution is 0.0944. The number of para-hydroxylation sites is 1. The monoisotopic (exact) mass is 360 g/mol. The summed E-state index contributed by atoms with van der Waals surface area (Å²) in [6, 6.07) is 4.84. The lowest BCUT2D eigenvalue weighted by Crippen LogP contribution is -2.48. The lowest BCUT2D eigenvalue weighted by Gasteiger charge is -2.28. The van der Waals surface area contributed by atoms with Crippen molar-refractivity contribution in [2.75, 3.05) is 20.6 Å². The van der Waals surface area contributed by atoms with Gasteiger partial charge < -0.3 is 15.3 Å². The summed E-state index contributed by atoms with van der Waals surface area (Å²) >= 11 is 0. The lowest BCUT2D eigenvalue weighted by atomic mass is 9.93. The van der Waals surface area contributed by atoms with Gasteiger partial charge in [0.15, 0.2) is 0 Å². The van der Waals surface area contributed by atoms with Crippen molar-refractivity contribution in [1.82, 2.24) is 19.4 Å². The summed E-state index contributed by atoms with van der Waals surface area (Å²) in [4.78, 5) is 27.9. The normalized spacial score (nSPS) is 20.7. The zero-order chi connectivity index (χ0) is 18.8. The summed E-state index contributed by atoms with van der Waals surface area (Å²) in [5, 5.41) is 13.0. The molecule has 1 saturated carbocycles. The first-order valence-corrected chi connectivity index (χ1v) is 9.24. The van der Waals surface area contributed by atoms with Crippen LogP contribution in [0.3, 0.4) is 0 Å². The summed E-state index contributed by atoms with van der Waals surface area (Å²) in [6.07, 6.45) is 2.81. The Morgan fingerprint density at radius 1 is 1.31 bits per heavy atom. The SMILES string of the molecule is Cc1cccc2c1n(CCN(C)C)c(=O)n2C(=O)N[C@@H]1CCCC[C@@H]1O. The van der Waals surface area contributed by atoms with Crippen LogP contribution in [0.15, 0.2) is 23.0 Å². The van der Waals surface area contributed by atoms with Crippen LogP contribution in [-0.2, 0) is 6.54 Å². The predicted molar refractivity (Wildman–Crippen MR) is 102 cm³/mol. The van der Waals surface area contributed by atoms with Gasteiger partial charge in [-0.3, -0.25) is 4.57 Å². The number of fused-ring (bicyclic) bond motifs is 1. The molecule has 0 unspecified atom stereocenters. The largest absolute Gasteiger partial charge is 0.391 e. The second-order valence-corrected chi connectivity index (χ2v) is 7.42. The maximum Gasteiger partial charge on any atom is 0.337 e. The van der Waals surface area contributed by atoms with E-state index in [0.29, 0.717) is 25.0 Å². The molecule has 1 heterocycles. The summed E-state index contributed by atoms with van der Waals surface area (Å²) < 4.78 is 2.88. The van der Waals surface area contributed by atoms with Crippen molar-refractivity contribution in [3.63, 3.8) is 0 Å². The number of likely N-dealkylation sites (N-methyl/N-ethyl adjacent to an activating group) is 1. The number of nitrogens with zero attached hydrogens (tertiary/aromatic N) is 3. The Kier molecular flexibility index (Phi) is 5.48. The molecule has 7 nitrogen and oxygen atoms in total. The molecule has 1 aliphatic rings. The molecular formula is C19H28N4O3. The minimum absolute atomic E-state index is 0.298. The van der Waals surface area contributed by atoms with Crippen LogP contribution in [0, 0.1) is 6.92 Å². The molecule has 1 aliphatic carbocycles. The minimum atomic E-state index is -0.549. The van der Waals surface area contributed by atoms with E-state index in [0.717, 1.165) is 30.3 Å². The molecule has 0 aliphatic heterocycles. The number of aliphatic hydroxyl groups excluding tert-OH is 1. The van der Waals surface area contributed by atoms with Crippen LogP contribution in [0.1, 0.15) is 31.2 Å². The Morgan fingerprint density at radius 2 is 2.04 bits per heavy atom. The van der Waals surface area contributed by atoms with Gasteiger partial charge in [-0.05, 0) is 45.5 Å². The molecule has 2 aromatic rings. The highest BCUT2D eigenvalue weighted by Gasteiger charge is 2.27. The standard InChI is InChI=1S/C19H28N4O3/c1-13-7-6-9-15-17(13)22(12-11-21(2)3)19(26)23(15)18(25)20-14-8-4-5-10-16(14)24/h6-7,9,14,16,24H,4-5,8,10-12H2,1-3H3,(H,20,25)/t14-,16+/m1/s1. The first kappa shape index (κ1) is 18.7. The Labute approximate surface area is 153 Å². The van der Waals surface area contributed by atoms with Crippen LogP contribution in [0.5, 0.6) is 0 Å². The van der Waals surface area contributed by atoms with Gasteiger partial charge in [-0.25, -0.2) is 14.2 Å². The molecule has 26 heavy (non-hydrogen) atoms. The molecular weight excluding hydrogens is 332 g/mol. The molecule has 0 spiro atoms. The number of carbonyl (C=O) groups excluding carboxylic acids is 1. The van der Waals surface area contributed by atoms with Crippen molar-refractivity contribution < 1.29 is 9.90 Å². The molecule has 7 heteroatoms. The number of nitrogens with one attached hydrogen (secondary N) is 1. The van der Waals surface area contributed by atoms with Gasteiger partial charge >= 0.3 is 11.7 Å². The molecule has 3 rings (SSSR count). The van der Waals surface area contributed by atoms with E-state index in [2.05, 4.69) is 5.32 Å². The van der Waals surface area contributed by atoms with E-state index in [1.165, 1.54) is 4.57 Å². The topological polar surface area (TPSA) is 79.5 Å². The van der Waals surface area contributed by atoms with Gasteiger partial charge in [0.2, 0.25) is 0 Å². The number of rotatable bonds is 4. The van der Waals surface area contributed by atoms with Gasteiger partial charge in [-0.15, -0.1) is 0 Å². The van der Waals surface area contributed by atoms with Crippen molar-refractivity contribution >= 4 is 17.1 Å². The third-order valence-corrected chi connectivity index (χ3v) is 5.16. The molecule has 0 saturated heterocycles. The van der Waals surface area contributed by atoms with E-state index in [9.17, 15) is 14.7 Å². The maximum absolute atomic E-state index is 13.0. The fourth-order valence-electron chi connectivity index (χ4n) is 3.70. The number of amides is 1. The number of imidazole rings is 1. The predicted octanol–water partition coefficient (Wildman–Crippen LogP) is 1.53. The van der Waals surface area contributed by atoms with Crippen molar-refractivity contribution in [2.45, 2.75) is 51.3 Å². The number of hydrogen-bond donors (Lipinski definition) is 2. The van der Waals surface area contributed by atoms with Gasteiger partial charge in [-0.2, -0.15) is 0 Å². The zero-order valence-corrected chi connectivity index (χ0v) is 15.7. The number of aromatic nitrogens is 2. The minimum Gasteiger partial charge on any atom is -0.391 e. The first-order chi connectivity index (χ1) is 12.4. The summed E-state index contributed by atoms with van der Waals surface area (Å²) in [5.74, 6) is 0. The van der Waals surface area contributed by atoms with E-state index < -0.39 is 12.1 Å². The number of carbonyl (C=O) groups is 1. The van der Waals surface area contributed by atoms with Crippen LogP contribution in [0.2, 0.25) is 0 Å². The van der Waals surface area contributed by atoms with Crippen LogP contribution in [-0.4, -0.2) is 58.0 Å². The third kappa shape index (κ3) is 3.54. The van der Waals surface area contributed by atoms with E-state index in [1.54, 1.807) is 10.6 Å². The van der Waals surface area contributed by atoms with Gasteiger partial charge in [0.25, 0.3) is 0 Å². The second-order valence-electron chi connectivity index (χ2n) is 7.42. The Morgan fingerprint density at radius 3 is 2.73 bits per heavy atom. The van der Waals surface area contributed by atoms with Gasteiger partial charge in [0.1, 0.15) is 0 Å². The number of aryl methyl sites for hydroxylation is 1. The van der Waals surface area contributed by atoms with E-state index in [-0.39, 0.29) is 11.7 Å². The van der Waals surface area contributed by atoms with Crippen LogP contribution < -0.4 is 11.0 Å². The molecule has 0 bridgehead atoms. The average Bonchev–Trinajstić information content (AvgIpc) is 2.88. The third-order valence-electron chi connectivity index (χ3n) is 5.16. The Bertz CT molecular complexity index is 852. The molecule has 1 aromatic carbocycles. The van der Waals surface area contributed by atoms with Crippen molar-refractivity contribution in [3.8, 4) is 0 Å². The molecule has 142 valence electrons. The molecule has 2 atom stereocenters. The zero-order valence-electron chi connectivity index (χ0n) is 15.7. The fourth-order valence-corrected chi connectivity index (χ4v) is 3.70. The molecule has 1 amide bonds. The molecule has 1 fully saturated rings. The molecule has 2 N–H and O–H groups in total. The van der Waals surface area contributed by atoms with Gasteiger partial charge in [0.05, 0.1) is 23.2 Å². The van der Waals surface area contributed by atoms with Crippen LogP contribution >= 0.6 is 0 Å². The first-order valence-electron chi connectivity index (χ1n) is 9.24. The molecule has 0 radical (unpaired) electrons. The highest BCUT2D eigenvalue weighted by Crippen LogP contribution is 2.20. The number of hydrogen-bond acceptors (Lipinski definition) is 4. The highest BCUT2D eigenvalue weighted by atomic mass is 16.3. The van der Waals surface area contributed by atoms with Crippen molar-refractivity contribution in [2.24, 2.45) is 0 Å². The van der Waals surface area contributed by atoms with Crippen LogP contribution in [0.25, 0.3) is 11.0 Å². The highest BCUT2D eigenvalue weighted by molar-refractivity contribution is 5.91. The van der Waals surface area contributed by atoms with E-state index in [4.69, 9.17) is 0 Å². The summed E-state index contributed by atoms with van der Waals surface area (Å²) in [7, 11) is 3.91. The fraction of sp³-hybridized carbons (Fsp3) is 0.579. The smallest absolute Gasteiger partial charge is 0.337 e. The average molecular weight is 360 g/mol. The van der Waals surface area contributed by atoms with Crippen molar-refractivity contribution in [3.05, 3.63) is 34.2 Å². The second kappa shape index (κ2) is 7.63. The van der Waals surface area contributed by atoms with Crippen molar-refractivity contribution in [1.29, 1.82) is 0 Å². The maximum atomic E-state index is 13.0. The van der Waals surface area contributed by atoms with E-state index in [1.807, 2.05) is 38.1 Å². The van der Waals surface area contributed by atoms with Gasteiger partial charge in [-0.1, -0.05) is 25.0 Å². The molecule has 1 aromatic heterocycles. The quantitative estimate of drug-likeness (QED) is 0.867. The number of benzene rings is 1. The summed E-state index contributed by atoms with van der Waals surface area (Å²) in [5.41, 5.74) is 2.02. The number of aliphatic hydroxyl groups is 1. The summed E-state index contributed by atoms with van der Waals surface area (Å²) in [6.45, 7) is 3.16. The Hall–Kier alpha value is -2.12. The van der Waals surface area contributed by atoms with E-state index >= 15 is 0 Å². The Balaban J connectivity index is 1.99. The van der Waals surface area contributed by atoms with Gasteiger partial charge in [0, 0.05) is 13.1 Å². The van der Waals surface area contributed by atoms with Crippen LogP contribution in [0.4, 0.5) is 4.79 Å².